The molecule has 1 saturated heterocycles. The van der Waals surface area contributed by atoms with Crippen molar-refractivity contribution >= 4 is 38.5 Å². The van der Waals surface area contributed by atoms with Crippen LogP contribution in [0.3, 0.4) is 0 Å². The van der Waals surface area contributed by atoms with Gasteiger partial charge in [0.1, 0.15) is 35.6 Å². The molecule has 7 N–H and O–H groups in total. The van der Waals surface area contributed by atoms with E-state index in [2.05, 4.69) is 30.6 Å². The summed E-state index contributed by atoms with van der Waals surface area (Å²) >= 11 is 0. The van der Waals surface area contributed by atoms with Crippen molar-refractivity contribution in [2.75, 3.05) is 18.9 Å². The maximum atomic E-state index is 11.7. The zero-order valence-corrected chi connectivity index (χ0v) is 20.0. The number of hydrogen-bond acceptors (Lipinski definition) is 12. The molecule has 192 valence electrons. The van der Waals surface area contributed by atoms with Gasteiger partial charge in [0.15, 0.2) is 6.23 Å². The van der Waals surface area contributed by atoms with Crippen LogP contribution in [0.15, 0.2) is 12.5 Å². The molecule has 0 aliphatic carbocycles. The Kier molecular flexibility index (Phi) is 7.70. The van der Waals surface area contributed by atoms with Crippen LogP contribution in [0.25, 0.3) is 11.0 Å². The van der Waals surface area contributed by atoms with Crippen molar-refractivity contribution in [3.05, 3.63) is 18.1 Å². The maximum absolute atomic E-state index is 11.7. The molecule has 0 saturated carbocycles. The molecule has 0 aromatic carbocycles. The number of ether oxygens (including phenoxy) is 2. The molecule has 1 aliphatic heterocycles. The van der Waals surface area contributed by atoms with Gasteiger partial charge in [-0.25, -0.2) is 23.9 Å². The number of nitrogen functional groups attached to an aromatic ring is 1. The molecule has 3 rings (SSSR count). The summed E-state index contributed by atoms with van der Waals surface area (Å²) in [5.74, 6) is 4.05. The number of nitrogens with zero attached hydrogens (tertiary/aromatic N) is 3. The van der Waals surface area contributed by atoms with Crippen molar-refractivity contribution in [2.24, 2.45) is 0 Å². The highest BCUT2D eigenvalue weighted by Gasteiger charge is 2.54. The Morgan fingerprint density at radius 3 is 2.66 bits per heavy atom. The van der Waals surface area contributed by atoms with Crippen LogP contribution in [0.5, 0.6) is 0 Å². The van der Waals surface area contributed by atoms with E-state index in [9.17, 15) is 29.0 Å². The van der Waals surface area contributed by atoms with E-state index in [0.29, 0.717) is 0 Å². The number of hydrogen-bond donors (Lipinski definition) is 6. The van der Waals surface area contributed by atoms with Gasteiger partial charge in [-0.15, -0.1) is 0 Å². The van der Waals surface area contributed by atoms with Crippen LogP contribution in [0, 0.1) is 11.8 Å². The van der Waals surface area contributed by atoms with Gasteiger partial charge >= 0.3 is 21.6 Å². The van der Waals surface area contributed by atoms with E-state index in [4.69, 9.17) is 25.0 Å². The molecule has 2 aromatic heterocycles. The van der Waals surface area contributed by atoms with Crippen LogP contribution in [-0.4, -0.2) is 76.4 Å². The molecule has 16 nitrogen and oxygen atoms in total. The lowest BCUT2D eigenvalue weighted by Crippen LogP contribution is -2.44. The number of fused-ring (bicyclic) bond motifs is 1. The fourth-order valence-electron chi connectivity index (χ4n) is 3.37. The van der Waals surface area contributed by atoms with E-state index >= 15 is 0 Å². The number of esters is 1. The Morgan fingerprint density at radius 2 is 2.03 bits per heavy atom. The van der Waals surface area contributed by atoms with Crippen LogP contribution in [-0.2, 0) is 32.2 Å². The normalized spacial score (nSPS) is 26.2. The van der Waals surface area contributed by atoms with Gasteiger partial charge in [-0.2, -0.15) is 4.31 Å². The fourth-order valence-corrected chi connectivity index (χ4v) is 4.97. The number of aromatic nitrogens is 3. The molecular weight excluding hydrogens is 514 g/mol. The minimum atomic E-state index is -5.36. The molecule has 0 spiro atoms. The number of aliphatic hydroxyl groups excluding tert-OH is 1. The highest BCUT2D eigenvalue weighted by molar-refractivity contribution is 7.60. The first-order chi connectivity index (χ1) is 16.2. The van der Waals surface area contributed by atoms with E-state index in [1.54, 1.807) is 6.92 Å². The topological polar surface area (TPSA) is 246 Å². The first kappa shape index (κ1) is 27.2. The molecule has 1 fully saturated rings. The third-order valence-electron chi connectivity index (χ3n) is 4.83. The number of anilines is 1. The SMILES string of the molecule is CCOC(=O)C#Cc1cn(C2OC(COP(=O)(O)OP(=O)(O)O)C(O)[C@@]2(C)O)c2ncnc(N)c12. The van der Waals surface area contributed by atoms with Crippen molar-refractivity contribution in [2.45, 2.75) is 37.9 Å². The van der Waals surface area contributed by atoms with Crippen LogP contribution in [0.4, 0.5) is 5.82 Å². The second kappa shape index (κ2) is 9.92. The molecule has 3 heterocycles. The van der Waals surface area contributed by atoms with Gasteiger partial charge in [-0.1, -0.05) is 5.92 Å². The van der Waals surface area contributed by atoms with E-state index in [1.807, 2.05) is 0 Å². The second-order valence-corrected chi connectivity index (χ2v) is 10.2. The summed E-state index contributed by atoms with van der Waals surface area (Å²) in [6, 6.07) is 0. The molecule has 35 heavy (non-hydrogen) atoms. The Hall–Kier alpha value is -2.41. The average Bonchev–Trinajstić information content (AvgIpc) is 3.19. The second-order valence-electron chi connectivity index (χ2n) is 7.41. The average molecular weight is 536 g/mol. The number of aliphatic hydroxyl groups is 2. The Morgan fingerprint density at radius 1 is 1.34 bits per heavy atom. The van der Waals surface area contributed by atoms with Gasteiger partial charge in [0.05, 0.1) is 24.2 Å². The predicted octanol–water partition coefficient (Wildman–Crippen LogP) is -0.836. The van der Waals surface area contributed by atoms with Crippen molar-refractivity contribution in [3.63, 3.8) is 0 Å². The smallest absolute Gasteiger partial charge is 0.456 e. The lowest BCUT2D eigenvalue weighted by atomic mass is 9.96. The summed E-state index contributed by atoms with van der Waals surface area (Å²) in [6.07, 6.45) is -2.10. The summed E-state index contributed by atoms with van der Waals surface area (Å²) in [5, 5.41) is 21.7. The number of phosphoric acid groups is 2. The van der Waals surface area contributed by atoms with E-state index < -0.39 is 52.3 Å². The van der Waals surface area contributed by atoms with Crippen molar-refractivity contribution in [3.8, 4) is 11.8 Å². The monoisotopic (exact) mass is 536 g/mol. The third kappa shape index (κ3) is 6.05. The van der Waals surface area contributed by atoms with Crippen LogP contribution < -0.4 is 5.73 Å². The molecule has 2 aromatic rings. The van der Waals surface area contributed by atoms with Crippen molar-refractivity contribution in [1.82, 2.24) is 14.5 Å². The largest absolute Gasteiger partial charge is 0.481 e. The summed E-state index contributed by atoms with van der Waals surface area (Å²) in [4.78, 5) is 46.5. The number of rotatable bonds is 7. The van der Waals surface area contributed by atoms with E-state index in [1.165, 1.54) is 17.7 Å². The van der Waals surface area contributed by atoms with Crippen molar-refractivity contribution in [1.29, 1.82) is 0 Å². The zero-order chi connectivity index (χ0) is 26.2. The van der Waals surface area contributed by atoms with Gasteiger partial charge in [0.2, 0.25) is 0 Å². The molecule has 4 unspecified atom stereocenters. The third-order valence-corrected chi connectivity index (χ3v) is 6.98. The quantitative estimate of drug-likeness (QED) is 0.143. The number of nitrogens with two attached hydrogens (primary N) is 1. The molecule has 18 heteroatoms. The minimum Gasteiger partial charge on any atom is -0.456 e. The molecular formula is C17H22N4O12P2. The van der Waals surface area contributed by atoms with E-state index in [0.717, 1.165) is 6.33 Å². The first-order valence-corrected chi connectivity index (χ1v) is 12.8. The number of carbonyl (C=O) groups excluding carboxylic acids is 1. The highest BCUT2D eigenvalue weighted by atomic mass is 31.3. The predicted molar refractivity (Wildman–Crippen MR) is 115 cm³/mol. The molecule has 0 bridgehead atoms. The first-order valence-electron chi connectivity index (χ1n) is 9.76. The Bertz CT molecular complexity index is 1280. The standard InChI is InChI=1S/C17H22N4O12P2/c1-3-30-11(22)5-4-9-6-21(15-12(9)14(18)19-8-20-15)16-17(2,24)13(23)10(32-16)7-31-35(28,29)33-34(25,26)27/h6,8,10,13,16,23-24H,3,7H2,1-2H3,(H,28,29)(H2,18,19,20)(H2,25,26,27)/t10?,13?,16?,17-/m1/s1. The number of phosphoric ester groups is 1. The van der Waals surface area contributed by atoms with Gasteiger partial charge in [0, 0.05) is 12.1 Å². The van der Waals surface area contributed by atoms with Crippen LogP contribution in [0.1, 0.15) is 25.6 Å². The molecule has 5 atom stereocenters. The van der Waals surface area contributed by atoms with Crippen molar-refractivity contribution < 1.29 is 57.1 Å². The number of carbonyl (C=O) groups is 1. The molecule has 0 radical (unpaired) electrons. The lowest BCUT2D eigenvalue weighted by Gasteiger charge is -2.27. The van der Waals surface area contributed by atoms with Crippen LogP contribution >= 0.6 is 15.6 Å². The summed E-state index contributed by atoms with van der Waals surface area (Å²) < 4.78 is 42.4. The van der Waals surface area contributed by atoms with E-state index in [-0.39, 0.29) is 29.0 Å². The highest BCUT2D eigenvalue weighted by Crippen LogP contribution is 2.58. The Labute approximate surface area is 197 Å². The van der Waals surface area contributed by atoms with Gasteiger partial charge in [-0.3, -0.25) is 4.52 Å². The van der Waals surface area contributed by atoms with Crippen LogP contribution in [0.2, 0.25) is 0 Å². The summed E-state index contributed by atoms with van der Waals surface area (Å²) in [7, 11) is -10.6. The summed E-state index contributed by atoms with van der Waals surface area (Å²) in [5.41, 5.74) is 4.19. The minimum absolute atomic E-state index is 0.00390. The molecule has 0 amide bonds. The van der Waals surface area contributed by atoms with Gasteiger partial charge in [-0.05, 0) is 13.8 Å². The zero-order valence-electron chi connectivity index (χ0n) is 18.2. The fraction of sp³-hybridized carbons (Fsp3) is 0.471. The van der Waals surface area contributed by atoms with Gasteiger partial charge < -0.3 is 44.7 Å². The lowest BCUT2D eigenvalue weighted by molar-refractivity contribution is -0.136. The molecule has 1 aliphatic rings. The van der Waals surface area contributed by atoms with Gasteiger partial charge in [0.25, 0.3) is 0 Å². The maximum Gasteiger partial charge on any atom is 0.481 e. The Balaban J connectivity index is 1.94. The summed E-state index contributed by atoms with van der Waals surface area (Å²) in [6.45, 7) is 2.03.